The fraction of sp³-hybridized carbons (Fsp3) is 0.333. The molecule has 0 unspecified atom stereocenters. The van der Waals surface area contributed by atoms with Gasteiger partial charge in [0.15, 0.2) is 0 Å². The van der Waals surface area contributed by atoms with Crippen LogP contribution in [-0.2, 0) is 27.1 Å². The third-order valence-corrected chi connectivity index (χ3v) is 16.3. The van der Waals surface area contributed by atoms with Crippen LogP contribution in [0.15, 0.2) is 140 Å². The highest BCUT2D eigenvalue weighted by Crippen LogP contribution is 2.57. The summed E-state index contributed by atoms with van der Waals surface area (Å²) in [5.41, 5.74) is 19.3. The number of rotatable bonds is 5. The largest absolute Gasteiger partial charge is 0.311 e. The highest BCUT2D eigenvalue weighted by Gasteiger charge is 2.51. The predicted octanol–water partition coefficient (Wildman–Crippen LogP) is 15.5. The minimum atomic E-state index is -0.0238. The minimum absolute atomic E-state index is 0.0117. The molecule has 0 radical (unpaired) electrons. The summed E-state index contributed by atoms with van der Waals surface area (Å²) < 4.78 is 1.47. The fourth-order valence-corrected chi connectivity index (χ4v) is 12.5. The summed E-state index contributed by atoms with van der Waals surface area (Å²) >= 11 is 2.10. The van der Waals surface area contributed by atoms with Crippen molar-refractivity contribution in [1.82, 2.24) is 0 Å². The minimum Gasteiger partial charge on any atom is -0.311 e. The second-order valence-corrected chi connectivity index (χ2v) is 24.5. The van der Waals surface area contributed by atoms with Gasteiger partial charge in [-0.25, -0.2) is 0 Å². The van der Waals surface area contributed by atoms with E-state index in [1.54, 1.807) is 4.88 Å². The molecule has 0 N–H and O–H groups in total. The maximum absolute atomic E-state index is 2.70. The number of fused-ring (bicyclic) bond motifs is 6. The lowest BCUT2D eigenvalue weighted by Gasteiger charge is -2.46. The molecule has 3 heterocycles. The molecule has 3 nitrogen and oxygen atoms in total. The summed E-state index contributed by atoms with van der Waals surface area (Å²) in [5.74, 6) is 0. The Balaban J connectivity index is 1.37. The Bertz CT molecular complexity index is 2880. The van der Waals surface area contributed by atoms with Gasteiger partial charge < -0.3 is 14.7 Å². The van der Waals surface area contributed by atoms with Gasteiger partial charge in [-0.05, 0) is 140 Å². The van der Waals surface area contributed by atoms with Crippen LogP contribution in [0, 0.1) is 0 Å². The smallest absolute Gasteiger partial charge is 0.264 e. The number of thiophene rings is 1. The van der Waals surface area contributed by atoms with Crippen molar-refractivity contribution in [2.24, 2.45) is 0 Å². The van der Waals surface area contributed by atoms with Gasteiger partial charge in [0.2, 0.25) is 0 Å². The van der Waals surface area contributed by atoms with Crippen LogP contribution in [0.5, 0.6) is 0 Å². The first-order valence-corrected chi connectivity index (χ1v) is 24.7. The van der Waals surface area contributed by atoms with E-state index in [4.69, 9.17) is 0 Å². The Morgan fingerprint density at radius 2 is 0.954 bits per heavy atom. The summed E-state index contributed by atoms with van der Waals surface area (Å²) in [7, 11) is 0. The molecule has 7 aromatic rings. The summed E-state index contributed by atoms with van der Waals surface area (Å²) in [5, 5.41) is 0. The third kappa shape index (κ3) is 7.25. The standard InChI is InChI=1S/C60H66BN3S/c1-56(2,3)39-24-29-44(30-25-39)63-48-33-28-41(58(7,8)9)36-47(48)61-52-49(63)37-46(62(42-20-16-14-17-21-42)43-22-18-15-19-23-43)38-50(52)64(45-31-26-40(27-32-45)57(4,5)6)53-51-54(65-55(53)61)60(12,13)35-34-59(51,10)11/h14-33,36-38H,34-35H2,1-13H3. The van der Waals surface area contributed by atoms with E-state index in [9.17, 15) is 0 Å². The van der Waals surface area contributed by atoms with Gasteiger partial charge in [-0.2, -0.15) is 11.3 Å². The van der Waals surface area contributed by atoms with E-state index >= 15 is 0 Å². The van der Waals surface area contributed by atoms with Crippen LogP contribution in [0.2, 0.25) is 0 Å². The zero-order chi connectivity index (χ0) is 46.0. The molecule has 0 amide bonds. The molecular formula is C60H66BN3S. The first kappa shape index (κ1) is 43.4. The molecule has 6 aromatic carbocycles. The van der Waals surface area contributed by atoms with Crippen LogP contribution in [0.1, 0.15) is 130 Å². The van der Waals surface area contributed by atoms with Crippen LogP contribution >= 0.6 is 11.3 Å². The number of para-hydroxylation sites is 2. The average molecular weight is 872 g/mol. The number of anilines is 9. The fourth-order valence-electron chi connectivity index (χ4n) is 10.7. The van der Waals surface area contributed by atoms with Crippen LogP contribution in [-0.4, -0.2) is 6.71 Å². The van der Waals surface area contributed by atoms with Crippen molar-refractivity contribution in [1.29, 1.82) is 0 Å². The molecule has 0 bridgehead atoms. The number of benzene rings is 6. The first-order valence-electron chi connectivity index (χ1n) is 23.9. The summed E-state index contributed by atoms with van der Waals surface area (Å²) in [6.07, 6.45) is 2.32. The van der Waals surface area contributed by atoms with E-state index < -0.39 is 0 Å². The normalized spacial score (nSPS) is 16.1. The third-order valence-electron chi connectivity index (χ3n) is 14.7. The van der Waals surface area contributed by atoms with Crippen molar-refractivity contribution in [2.75, 3.05) is 14.7 Å². The Labute approximate surface area is 394 Å². The van der Waals surface area contributed by atoms with Gasteiger partial charge in [0.25, 0.3) is 6.71 Å². The van der Waals surface area contributed by atoms with Crippen molar-refractivity contribution < 1.29 is 0 Å². The Kier molecular flexibility index (Phi) is 10.0. The molecule has 0 atom stereocenters. The molecule has 1 aliphatic carbocycles. The van der Waals surface area contributed by atoms with E-state index in [1.807, 2.05) is 0 Å². The molecule has 2 aliphatic heterocycles. The van der Waals surface area contributed by atoms with E-state index in [0.717, 1.165) is 23.5 Å². The lowest BCUT2D eigenvalue weighted by molar-refractivity contribution is 0.339. The zero-order valence-corrected chi connectivity index (χ0v) is 41.8. The highest BCUT2D eigenvalue weighted by molar-refractivity contribution is 7.29. The Morgan fingerprint density at radius 1 is 0.492 bits per heavy atom. The maximum Gasteiger partial charge on any atom is 0.264 e. The van der Waals surface area contributed by atoms with Gasteiger partial charge in [-0.3, -0.25) is 0 Å². The number of hydrogen-bond acceptors (Lipinski definition) is 4. The molecule has 330 valence electrons. The van der Waals surface area contributed by atoms with Crippen molar-refractivity contribution in [2.45, 2.75) is 130 Å². The molecule has 10 rings (SSSR count). The van der Waals surface area contributed by atoms with Crippen molar-refractivity contribution in [3.63, 3.8) is 0 Å². The van der Waals surface area contributed by atoms with Crippen molar-refractivity contribution in [3.05, 3.63) is 167 Å². The molecule has 0 saturated carbocycles. The van der Waals surface area contributed by atoms with Gasteiger partial charge in [-0.15, -0.1) is 0 Å². The monoisotopic (exact) mass is 872 g/mol. The second-order valence-electron chi connectivity index (χ2n) is 23.4. The lowest BCUT2D eigenvalue weighted by Crippen LogP contribution is -2.61. The van der Waals surface area contributed by atoms with E-state index in [-0.39, 0.29) is 33.8 Å². The van der Waals surface area contributed by atoms with Crippen LogP contribution in [0.3, 0.4) is 0 Å². The van der Waals surface area contributed by atoms with Gasteiger partial charge in [0.1, 0.15) is 0 Å². The zero-order valence-electron chi connectivity index (χ0n) is 41.0. The SMILES string of the molecule is CC(C)(C)c1ccc(N2c3ccc(C(C)(C)C)cc3B3c4sc5c(c4N(c4ccc(C(C)(C)C)cc4)c4cc(N(c6ccccc6)c6ccccc6)cc2c43)C(C)(C)CCC5(C)C)cc1. The summed E-state index contributed by atoms with van der Waals surface area (Å²) in [4.78, 5) is 9.30. The molecule has 3 aliphatic rings. The van der Waals surface area contributed by atoms with Gasteiger partial charge in [-0.1, -0.05) is 163 Å². The molecule has 65 heavy (non-hydrogen) atoms. The maximum atomic E-state index is 2.70. The topological polar surface area (TPSA) is 9.72 Å². The molecule has 0 spiro atoms. The predicted molar refractivity (Wildman–Crippen MR) is 284 cm³/mol. The molecule has 0 fully saturated rings. The average Bonchev–Trinajstić information content (AvgIpc) is 3.68. The van der Waals surface area contributed by atoms with Gasteiger partial charge >= 0.3 is 0 Å². The number of nitrogens with zero attached hydrogens (tertiary/aromatic N) is 3. The van der Waals surface area contributed by atoms with Crippen LogP contribution < -0.4 is 30.4 Å². The van der Waals surface area contributed by atoms with Crippen LogP contribution in [0.25, 0.3) is 0 Å². The van der Waals surface area contributed by atoms with Crippen LogP contribution in [0.4, 0.5) is 51.2 Å². The molecule has 5 heteroatoms. The van der Waals surface area contributed by atoms with Gasteiger partial charge in [0.05, 0.1) is 11.4 Å². The molecular weight excluding hydrogens is 806 g/mol. The van der Waals surface area contributed by atoms with E-state index in [0.29, 0.717) is 0 Å². The number of hydrogen-bond donors (Lipinski definition) is 0. The lowest BCUT2D eigenvalue weighted by atomic mass is 9.35. The van der Waals surface area contributed by atoms with Crippen molar-refractivity contribution >= 4 is 84.9 Å². The van der Waals surface area contributed by atoms with Gasteiger partial charge in [0, 0.05) is 49.5 Å². The molecule has 0 saturated heterocycles. The Hall–Kier alpha value is -5.52. The van der Waals surface area contributed by atoms with Crippen molar-refractivity contribution in [3.8, 4) is 0 Å². The highest BCUT2D eigenvalue weighted by atomic mass is 32.1. The first-order chi connectivity index (χ1) is 30.6. The van der Waals surface area contributed by atoms with E-state index in [1.165, 1.54) is 78.5 Å². The quantitative estimate of drug-likeness (QED) is 0.160. The van der Waals surface area contributed by atoms with E-state index in [2.05, 4.69) is 256 Å². The Morgan fingerprint density at radius 3 is 1.46 bits per heavy atom. The summed E-state index contributed by atoms with van der Waals surface area (Å²) in [6.45, 7) is 31.0. The molecule has 1 aromatic heterocycles. The summed E-state index contributed by atoms with van der Waals surface area (Å²) in [6, 6.07) is 53.2. The second kappa shape index (κ2) is 15.0.